The van der Waals surface area contributed by atoms with Crippen LogP contribution in [-0.2, 0) is 6.54 Å². The Morgan fingerprint density at radius 2 is 1.93 bits per heavy atom. The van der Waals surface area contributed by atoms with Gasteiger partial charge in [0.2, 0.25) is 0 Å². The second kappa shape index (κ2) is 9.50. The monoisotopic (exact) mass is 370 g/mol. The fourth-order valence-corrected chi connectivity index (χ4v) is 3.31. The third kappa shape index (κ3) is 5.78. The van der Waals surface area contributed by atoms with Crippen molar-refractivity contribution < 1.29 is 13.9 Å². The Hall–Kier alpha value is -2.42. The average molecular weight is 370 g/mol. The molecule has 5 heteroatoms. The fourth-order valence-electron chi connectivity index (χ4n) is 3.31. The van der Waals surface area contributed by atoms with Crippen molar-refractivity contribution in [1.29, 1.82) is 0 Å². The van der Waals surface area contributed by atoms with Gasteiger partial charge in [-0.1, -0.05) is 24.0 Å². The first-order valence-electron chi connectivity index (χ1n) is 9.26. The number of benzene rings is 2. The Balaban J connectivity index is 1.55. The number of nitrogens with one attached hydrogen (secondary N) is 1. The molecule has 0 aliphatic carbocycles. The van der Waals surface area contributed by atoms with E-state index in [-0.39, 0.29) is 12.6 Å². The van der Waals surface area contributed by atoms with Crippen LogP contribution in [0.15, 0.2) is 42.5 Å². The number of anilines is 1. The molecule has 0 bridgehead atoms. The maximum atomic E-state index is 13.4. The minimum absolute atomic E-state index is 0.0831. The number of rotatable bonds is 5. The van der Waals surface area contributed by atoms with Gasteiger partial charge in [-0.3, -0.25) is 4.90 Å². The second-order valence-electron chi connectivity index (χ2n) is 6.82. The molecule has 142 valence electrons. The third-order valence-electron chi connectivity index (χ3n) is 4.63. The van der Waals surface area contributed by atoms with Crippen LogP contribution in [0.5, 0.6) is 0 Å². The largest absolute Gasteiger partial charge is 0.395 e. The van der Waals surface area contributed by atoms with Crippen molar-refractivity contribution in [2.75, 3.05) is 25.0 Å². The van der Waals surface area contributed by atoms with Crippen molar-refractivity contribution in [1.82, 2.24) is 4.90 Å². The molecule has 2 N–H and O–H groups in total. The predicted octanol–water partition coefficient (Wildman–Crippen LogP) is 3.78. The lowest BCUT2D eigenvalue weighted by Crippen LogP contribution is -2.41. The Kier molecular flexibility index (Phi) is 6.80. The molecular weight excluding hydrogens is 346 g/mol. The molecule has 3 nitrogen and oxygen atoms in total. The molecule has 0 radical (unpaired) electrons. The van der Waals surface area contributed by atoms with E-state index in [9.17, 15) is 8.78 Å². The van der Waals surface area contributed by atoms with Crippen LogP contribution in [0.3, 0.4) is 0 Å². The summed E-state index contributed by atoms with van der Waals surface area (Å²) in [4.78, 5) is 2.37. The molecule has 3 rings (SSSR count). The van der Waals surface area contributed by atoms with Crippen LogP contribution in [0.1, 0.15) is 30.4 Å². The van der Waals surface area contributed by atoms with Crippen LogP contribution >= 0.6 is 0 Å². The van der Waals surface area contributed by atoms with E-state index in [1.807, 2.05) is 12.1 Å². The minimum atomic E-state index is -0.824. The lowest BCUT2D eigenvalue weighted by atomic mass is 10.0. The quantitative estimate of drug-likeness (QED) is 0.787. The van der Waals surface area contributed by atoms with E-state index >= 15 is 0 Å². The standard InChI is InChI=1S/C22H24F2N2O/c23-21-11-10-19(14-22(21)24)25-20-5-3-12-26(16-20)15-18-8-6-17(7-9-18)4-1-2-13-27/h6-11,14,20,25,27H,2-3,5,12-13,15-16H2. The first kappa shape index (κ1) is 19.3. The van der Waals surface area contributed by atoms with E-state index in [0.717, 1.165) is 44.1 Å². The van der Waals surface area contributed by atoms with Crippen LogP contribution in [0.4, 0.5) is 14.5 Å². The van der Waals surface area contributed by atoms with Crippen LogP contribution in [0.25, 0.3) is 0 Å². The van der Waals surface area contributed by atoms with Crippen molar-refractivity contribution >= 4 is 5.69 Å². The lowest BCUT2D eigenvalue weighted by Gasteiger charge is -2.33. The van der Waals surface area contributed by atoms with E-state index in [1.165, 1.54) is 11.6 Å². The third-order valence-corrected chi connectivity index (χ3v) is 4.63. The van der Waals surface area contributed by atoms with Gasteiger partial charge < -0.3 is 10.4 Å². The molecule has 1 saturated heterocycles. The van der Waals surface area contributed by atoms with Crippen molar-refractivity contribution in [3.63, 3.8) is 0 Å². The lowest BCUT2D eigenvalue weighted by molar-refractivity contribution is 0.208. The van der Waals surface area contributed by atoms with Gasteiger partial charge in [-0.2, -0.15) is 0 Å². The SMILES string of the molecule is OCCC#Cc1ccc(CN2CCCC(Nc3ccc(F)c(F)c3)C2)cc1. The summed E-state index contributed by atoms with van der Waals surface area (Å²) in [6.07, 6.45) is 2.56. The van der Waals surface area contributed by atoms with Gasteiger partial charge in [0.25, 0.3) is 0 Å². The van der Waals surface area contributed by atoms with E-state index < -0.39 is 11.6 Å². The molecular formula is C22H24F2N2O. The van der Waals surface area contributed by atoms with Gasteiger partial charge in [-0.05, 0) is 49.2 Å². The zero-order valence-electron chi connectivity index (χ0n) is 15.2. The van der Waals surface area contributed by atoms with Crippen molar-refractivity contribution in [2.24, 2.45) is 0 Å². The topological polar surface area (TPSA) is 35.5 Å². The number of halogens is 2. The molecule has 27 heavy (non-hydrogen) atoms. The summed E-state index contributed by atoms with van der Waals surface area (Å²) in [5.74, 6) is 4.30. The summed E-state index contributed by atoms with van der Waals surface area (Å²) in [6, 6.07) is 12.3. The molecule has 1 aliphatic heterocycles. The maximum absolute atomic E-state index is 13.4. The van der Waals surface area contributed by atoms with Gasteiger partial charge in [0.1, 0.15) is 0 Å². The number of piperidine rings is 1. The summed E-state index contributed by atoms with van der Waals surface area (Å²) in [5, 5.41) is 12.1. The predicted molar refractivity (Wildman–Crippen MR) is 103 cm³/mol. The second-order valence-corrected chi connectivity index (χ2v) is 6.82. The number of hydrogen-bond acceptors (Lipinski definition) is 3. The molecule has 0 spiro atoms. The van der Waals surface area contributed by atoms with Gasteiger partial charge in [0, 0.05) is 42.9 Å². The molecule has 1 unspecified atom stereocenters. The van der Waals surface area contributed by atoms with Crippen LogP contribution in [0, 0.1) is 23.5 Å². The summed E-state index contributed by atoms with van der Waals surface area (Å²) < 4.78 is 26.4. The molecule has 1 fully saturated rings. The highest BCUT2D eigenvalue weighted by molar-refractivity contribution is 5.44. The average Bonchev–Trinajstić information content (AvgIpc) is 2.67. The van der Waals surface area contributed by atoms with E-state index in [4.69, 9.17) is 5.11 Å². The molecule has 2 aromatic rings. The molecule has 2 aromatic carbocycles. The molecule has 1 aliphatic rings. The van der Waals surface area contributed by atoms with E-state index in [2.05, 4.69) is 34.2 Å². The molecule has 0 saturated carbocycles. The van der Waals surface area contributed by atoms with Crippen LogP contribution in [-0.4, -0.2) is 35.7 Å². The first-order chi connectivity index (χ1) is 13.1. The highest BCUT2D eigenvalue weighted by Gasteiger charge is 2.20. The zero-order valence-corrected chi connectivity index (χ0v) is 15.2. The zero-order chi connectivity index (χ0) is 19.1. The number of aliphatic hydroxyl groups is 1. The summed E-state index contributed by atoms with van der Waals surface area (Å²) >= 11 is 0. The fraction of sp³-hybridized carbons (Fsp3) is 0.364. The van der Waals surface area contributed by atoms with Crippen molar-refractivity contribution in [2.45, 2.75) is 31.8 Å². The van der Waals surface area contributed by atoms with Gasteiger partial charge in [-0.15, -0.1) is 0 Å². The van der Waals surface area contributed by atoms with Crippen molar-refractivity contribution in [3.8, 4) is 11.8 Å². The summed E-state index contributed by atoms with van der Waals surface area (Å²) in [5.41, 5.74) is 2.78. The number of hydrogen-bond donors (Lipinski definition) is 2. The minimum Gasteiger partial charge on any atom is -0.395 e. The van der Waals surface area contributed by atoms with E-state index in [0.29, 0.717) is 12.1 Å². The highest BCUT2D eigenvalue weighted by Crippen LogP contribution is 2.20. The summed E-state index contributed by atoms with van der Waals surface area (Å²) in [6.45, 7) is 2.81. The molecule has 0 aromatic heterocycles. The molecule has 0 amide bonds. The van der Waals surface area contributed by atoms with Crippen LogP contribution < -0.4 is 5.32 Å². The Bertz CT molecular complexity index is 811. The normalized spacial score (nSPS) is 17.2. The van der Waals surface area contributed by atoms with E-state index in [1.54, 1.807) is 6.07 Å². The summed E-state index contributed by atoms with van der Waals surface area (Å²) in [7, 11) is 0. The number of likely N-dealkylation sites (tertiary alicyclic amines) is 1. The first-order valence-corrected chi connectivity index (χ1v) is 9.26. The Morgan fingerprint density at radius 3 is 2.67 bits per heavy atom. The van der Waals surface area contributed by atoms with Gasteiger partial charge in [-0.25, -0.2) is 8.78 Å². The van der Waals surface area contributed by atoms with Gasteiger partial charge >= 0.3 is 0 Å². The van der Waals surface area contributed by atoms with Crippen LogP contribution in [0.2, 0.25) is 0 Å². The smallest absolute Gasteiger partial charge is 0.160 e. The Labute approximate surface area is 159 Å². The number of aliphatic hydroxyl groups excluding tert-OH is 1. The highest BCUT2D eigenvalue weighted by atomic mass is 19.2. The Morgan fingerprint density at radius 1 is 1.11 bits per heavy atom. The van der Waals surface area contributed by atoms with Crippen molar-refractivity contribution in [3.05, 3.63) is 65.2 Å². The molecule has 1 atom stereocenters. The van der Waals surface area contributed by atoms with Gasteiger partial charge in [0.05, 0.1) is 6.61 Å². The van der Waals surface area contributed by atoms with Gasteiger partial charge in [0.15, 0.2) is 11.6 Å². The number of nitrogens with zero attached hydrogens (tertiary/aromatic N) is 1. The molecule has 1 heterocycles. The maximum Gasteiger partial charge on any atom is 0.160 e.